The summed E-state index contributed by atoms with van der Waals surface area (Å²) in [4.78, 5) is 27.6. The predicted molar refractivity (Wildman–Crippen MR) is 111 cm³/mol. The maximum absolute atomic E-state index is 13.0. The fourth-order valence-electron chi connectivity index (χ4n) is 3.10. The first-order valence-corrected chi connectivity index (χ1v) is 9.91. The van der Waals surface area contributed by atoms with E-state index in [-0.39, 0.29) is 18.4 Å². The quantitative estimate of drug-likeness (QED) is 0.587. The summed E-state index contributed by atoms with van der Waals surface area (Å²) in [7, 11) is 0. The fraction of sp³-hybridized carbons (Fsp3) is 0.391. The number of amides is 2. The Labute approximate surface area is 167 Å². The highest BCUT2D eigenvalue weighted by Crippen LogP contribution is 2.16. The average Bonchev–Trinajstić information content (AvgIpc) is 2.72. The summed E-state index contributed by atoms with van der Waals surface area (Å²) in [5.41, 5.74) is 2.00. The topological polar surface area (TPSA) is 69.6 Å². The Balaban J connectivity index is 2.28. The van der Waals surface area contributed by atoms with Crippen LogP contribution < -0.4 is 5.32 Å². The van der Waals surface area contributed by atoms with Crippen molar-refractivity contribution in [2.75, 3.05) is 13.2 Å². The third kappa shape index (κ3) is 6.82. The molecule has 2 N–H and O–H groups in total. The van der Waals surface area contributed by atoms with Gasteiger partial charge in [-0.3, -0.25) is 9.59 Å². The second kappa shape index (κ2) is 11.9. The molecule has 0 aliphatic rings. The van der Waals surface area contributed by atoms with Crippen molar-refractivity contribution < 1.29 is 14.7 Å². The van der Waals surface area contributed by atoms with E-state index in [2.05, 4.69) is 5.32 Å². The van der Waals surface area contributed by atoms with Crippen molar-refractivity contribution in [3.63, 3.8) is 0 Å². The van der Waals surface area contributed by atoms with Gasteiger partial charge in [0, 0.05) is 32.5 Å². The highest BCUT2D eigenvalue weighted by molar-refractivity contribution is 5.88. The number of nitrogens with one attached hydrogen (secondary N) is 1. The third-order valence-electron chi connectivity index (χ3n) is 4.56. The molecule has 2 aromatic rings. The number of hydrogen-bond donors (Lipinski definition) is 2. The summed E-state index contributed by atoms with van der Waals surface area (Å²) in [6, 6.07) is 18.9. The van der Waals surface area contributed by atoms with Crippen molar-refractivity contribution in [2.45, 2.75) is 45.2 Å². The molecule has 28 heavy (non-hydrogen) atoms. The zero-order chi connectivity index (χ0) is 20.2. The monoisotopic (exact) mass is 382 g/mol. The van der Waals surface area contributed by atoms with Gasteiger partial charge in [0.25, 0.3) is 0 Å². The number of aliphatic hydroxyl groups excluding tert-OH is 1. The number of hydrogen-bond acceptors (Lipinski definition) is 3. The second-order valence-corrected chi connectivity index (χ2v) is 6.83. The normalized spacial score (nSPS) is 11.6. The first-order valence-electron chi connectivity index (χ1n) is 9.91. The largest absolute Gasteiger partial charge is 0.396 e. The Bertz CT molecular complexity index is 719. The van der Waals surface area contributed by atoms with Gasteiger partial charge in [-0.05, 0) is 24.0 Å². The van der Waals surface area contributed by atoms with Gasteiger partial charge < -0.3 is 15.3 Å². The number of benzene rings is 2. The molecular weight excluding hydrogens is 352 g/mol. The van der Waals surface area contributed by atoms with Gasteiger partial charge in [0.2, 0.25) is 11.8 Å². The predicted octanol–water partition coefficient (Wildman–Crippen LogP) is 2.93. The van der Waals surface area contributed by atoms with E-state index in [1.807, 2.05) is 67.6 Å². The van der Waals surface area contributed by atoms with Crippen molar-refractivity contribution in [1.29, 1.82) is 0 Å². The molecule has 0 heterocycles. The molecule has 0 saturated carbocycles. The molecule has 0 spiro atoms. The van der Waals surface area contributed by atoms with Gasteiger partial charge in [0.1, 0.15) is 6.04 Å². The Kier molecular flexibility index (Phi) is 9.22. The summed E-state index contributed by atoms with van der Waals surface area (Å²) < 4.78 is 0. The van der Waals surface area contributed by atoms with E-state index < -0.39 is 6.04 Å². The molecule has 5 heteroatoms. The molecule has 0 aliphatic carbocycles. The third-order valence-corrected chi connectivity index (χ3v) is 4.56. The number of rotatable bonds is 11. The Morgan fingerprint density at radius 3 is 2.18 bits per heavy atom. The first kappa shape index (κ1) is 21.6. The second-order valence-electron chi connectivity index (χ2n) is 6.83. The maximum Gasteiger partial charge on any atom is 0.243 e. The van der Waals surface area contributed by atoms with Gasteiger partial charge in [-0.2, -0.15) is 0 Å². The van der Waals surface area contributed by atoms with E-state index in [0.717, 1.165) is 17.5 Å². The van der Waals surface area contributed by atoms with Gasteiger partial charge in [-0.25, -0.2) is 0 Å². The Morgan fingerprint density at radius 1 is 1.00 bits per heavy atom. The van der Waals surface area contributed by atoms with Crippen LogP contribution in [0.4, 0.5) is 0 Å². The highest BCUT2D eigenvalue weighted by atomic mass is 16.3. The Morgan fingerprint density at radius 2 is 1.61 bits per heavy atom. The van der Waals surface area contributed by atoms with Crippen LogP contribution in [0, 0.1) is 0 Å². The molecule has 0 saturated heterocycles. The first-order chi connectivity index (χ1) is 13.7. The molecule has 0 unspecified atom stereocenters. The lowest BCUT2D eigenvalue weighted by Gasteiger charge is -2.31. The number of carbonyl (C=O) groups is 2. The minimum atomic E-state index is -0.597. The van der Waals surface area contributed by atoms with Gasteiger partial charge >= 0.3 is 0 Å². The molecular formula is C23H30N2O3. The van der Waals surface area contributed by atoms with Crippen LogP contribution in [0.3, 0.4) is 0 Å². The summed E-state index contributed by atoms with van der Waals surface area (Å²) in [6.45, 7) is 2.77. The van der Waals surface area contributed by atoms with Crippen molar-refractivity contribution in [3.05, 3.63) is 71.8 Å². The summed E-state index contributed by atoms with van der Waals surface area (Å²) in [5, 5.41) is 11.9. The maximum atomic E-state index is 13.0. The lowest BCUT2D eigenvalue weighted by Crippen LogP contribution is -2.50. The van der Waals surface area contributed by atoms with E-state index >= 15 is 0 Å². The van der Waals surface area contributed by atoms with E-state index in [1.165, 1.54) is 0 Å². The van der Waals surface area contributed by atoms with E-state index in [9.17, 15) is 9.59 Å². The minimum Gasteiger partial charge on any atom is -0.396 e. The summed E-state index contributed by atoms with van der Waals surface area (Å²) in [6.07, 6.45) is 2.08. The van der Waals surface area contributed by atoms with Gasteiger partial charge in [-0.15, -0.1) is 0 Å². The summed E-state index contributed by atoms with van der Waals surface area (Å²) in [5.74, 6) is -0.206. The van der Waals surface area contributed by atoms with E-state index in [0.29, 0.717) is 32.4 Å². The molecule has 2 amide bonds. The van der Waals surface area contributed by atoms with Crippen molar-refractivity contribution in [1.82, 2.24) is 10.2 Å². The zero-order valence-electron chi connectivity index (χ0n) is 16.5. The van der Waals surface area contributed by atoms with E-state index in [4.69, 9.17) is 5.11 Å². The molecule has 0 aromatic heterocycles. The molecule has 150 valence electrons. The van der Waals surface area contributed by atoms with Crippen molar-refractivity contribution in [3.8, 4) is 0 Å². The van der Waals surface area contributed by atoms with Crippen molar-refractivity contribution >= 4 is 11.8 Å². The number of aliphatic hydroxyl groups is 1. The van der Waals surface area contributed by atoms with Gasteiger partial charge in [0.05, 0.1) is 0 Å². The molecule has 5 nitrogen and oxygen atoms in total. The lowest BCUT2D eigenvalue weighted by atomic mass is 10.0. The average molecular weight is 383 g/mol. The zero-order valence-corrected chi connectivity index (χ0v) is 16.5. The molecule has 0 aliphatic heterocycles. The highest BCUT2D eigenvalue weighted by Gasteiger charge is 2.29. The fourth-order valence-corrected chi connectivity index (χ4v) is 3.10. The SMILES string of the molecule is CCCC(=O)N(Cc1ccccc1)[C@H](Cc1ccccc1)C(=O)NCCCO. The van der Waals surface area contributed by atoms with Crippen LogP contribution in [0.2, 0.25) is 0 Å². The van der Waals surface area contributed by atoms with Crippen LogP contribution >= 0.6 is 0 Å². The van der Waals surface area contributed by atoms with Gasteiger partial charge in [0.15, 0.2) is 0 Å². The van der Waals surface area contributed by atoms with Crippen LogP contribution in [-0.2, 0) is 22.6 Å². The standard InChI is InChI=1S/C23H30N2O3/c1-2-10-22(27)25(18-20-13-7-4-8-14-20)21(23(28)24-15-9-16-26)17-19-11-5-3-6-12-19/h3-8,11-14,21,26H,2,9-10,15-18H2,1H3,(H,24,28)/t21-/m1/s1. The number of carbonyl (C=O) groups excluding carboxylic acids is 2. The number of nitrogens with zero attached hydrogens (tertiary/aromatic N) is 1. The van der Waals surface area contributed by atoms with Crippen LogP contribution in [0.1, 0.15) is 37.3 Å². The van der Waals surface area contributed by atoms with Crippen LogP contribution in [-0.4, -0.2) is 41.0 Å². The molecule has 2 aromatic carbocycles. The molecule has 2 rings (SSSR count). The summed E-state index contributed by atoms with van der Waals surface area (Å²) >= 11 is 0. The van der Waals surface area contributed by atoms with Gasteiger partial charge in [-0.1, -0.05) is 67.6 Å². The molecule has 0 fully saturated rings. The van der Waals surface area contributed by atoms with Crippen LogP contribution in [0.25, 0.3) is 0 Å². The van der Waals surface area contributed by atoms with E-state index in [1.54, 1.807) is 4.90 Å². The Hall–Kier alpha value is -2.66. The minimum absolute atomic E-state index is 0.0200. The van der Waals surface area contributed by atoms with Crippen molar-refractivity contribution in [2.24, 2.45) is 0 Å². The van der Waals surface area contributed by atoms with Crippen LogP contribution in [0.15, 0.2) is 60.7 Å². The lowest BCUT2D eigenvalue weighted by molar-refractivity contribution is -0.141. The molecule has 0 bridgehead atoms. The molecule has 0 radical (unpaired) electrons. The van der Waals surface area contributed by atoms with Crippen LogP contribution in [0.5, 0.6) is 0 Å². The molecule has 1 atom stereocenters. The smallest absolute Gasteiger partial charge is 0.243 e.